The number of aromatic nitrogens is 2. The SMILES string of the molecule is Clc1ccc(Nc2ncnc3sccc23)cc1. The summed E-state index contributed by atoms with van der Waals surface area (Å²) in [6.07, 6.45) is 1.57. The van der Waals surface area contributed by atoms with Crippen LogP contribution in [0.25, 0.3) is 10.2 Å². The van der Waals surface area contributed by atoms with Gasteiger partial charge in [0.25, 0.3) is 0 Å². The first-order valence-corrected chi connectivity index (χ1v) is 6.29. The highest BCUT2D eigenvalue weighted by atomic mass is 35.5. The summed E-state index contributed by atoms with van der Waals surface area (Å²) >= 11 is 7.44. The Balaban J connectivity index is 1.99. The van der Waals surface area contributed by atoms with Crippen molar-refractivity contribution < 1.29 is 0 Å². The standard InChI is InChI=1S/C12H8ClN3S/c13-8-1-3-9(4-2-8)16-11-10-5-6-17-12(10)15-7-14-11/h1-7H,(H,14,15,16). The van der Waals surface area contributed by atoms with Crippen molar-refractivity contribution in [2.45, 2.75) is 0 Å². The van der Waals surface area contributed by atoms with Gasteiger partial charge in [0, 0.05) is 10.7 Å². The first-order chi connectivity index (χ1) is 8.33. The van der Waals surface area contributed by atoms with Gasteiger partial charge in [0.05, 0.1) is 5.39 Å². The predicted molar refractivity (Wildman–Crippen MR) is 72.1 cm³/mol. The maximum Gasteiger partial charge on any atom is 0.142 e. The van der Waals surface area contributed by atoms with Crippen molar-refractivity contribution in [2.24, 2.45) is 0 Å². The molecule has 5 heteroatoms. The second-order valence-corrected chi connectivity index (χ2v) is 4.82. The molecule has 0 unspecified atom stereocenters. The monoisotopic (exact) mass is 261 g/mol. The summed E-state index contributed by atoms with van der Waals surface area (Å²) in [6.45, 7) is 0. The number of halogens is 1. The van der Waals surface area contributed by atoms with Crippen LogP contribution in [0.4, 0.5) is 11.5 Å². The molecular formula is C12H8ClN3S. The van der Waals surface area contributed by atoms with E-state index in [1.165, 1.54) is 0 Å². The zero-order valence-electron chi connectivity index (χ0n) is 8.72. The highest BCUT2D eigenvalue weighted by molar-refractivity contribution is 7.16. The quantitative estimate of drug-likeness (QED) is 0.755. The number of fused-ring (bicyclic) bond motifs is 1. The number of hydrogen-bond donors (Lipinski definition) is 1. The fourth-order valence-corrected chi connectivity index (χ4v) is 2.42. The zero-order chi connectivity index (χ0) is 11.7. The van der Waals surface area contributed by atoms with Crippen LogP contribution in [0.5, 0.6) is 0 Å². The minimum absolute atomic E-state index is 0.721. The van der Waals surface area contributed by atoms with Gasteiger partial charge in [-0.05, 0) is 35.7 Å². The molecular weight excluding hydrogens is 254 g/mol. The van der Waals surface area contributed by atoms with Crippen molar-refractivity contribution in [1.29, 1.82) is 0 Å². The first-order valence-electron chi connectivity index (χ1n) is 5.04. The maximum atomic E-state index is 5.84. The van der Waals surface area contributed by atoms with E-state index in [1.54, 1.807) is 17.7 Å². The van der Waals surface area contributed by atoms with Crippen LogP contribution in [0.3, 0.4) is 0 Å². The molecule has 0 fully saturated rings. The van der Waals surface area contributed by atoms with E-state index in [4.69, 9.17) is 11.6 Å². The Morgan fingerprint density at radius 2 is 1.88 bits per heavy atom. The highest BCUT2D eigenvalue weighted by Crippen LogP contribution is 2.26. The van der Waals surface area contributed by atoms with Crippen molar-refractivity contribution >= 4 is 44.7 Å². The van der Waals surface area contributed by atoms with Gasteiger partial charge in [-0.25, -0.2) is 9.97 Å². The number of thiophene rings is 1. The molecule has 0 aliphatic rings. The fourth-order valence-electron chi connectivity index (χ4n) is 1.56. The summed E-state index contributed by atoms with van der Waals surface area (Å²) in [7, 11) is 0. The normalized spacial score (nSPS) is 10.6. The summed E-state index contributed by atoms with van der Waals surface area (Å²) in [4.78, 5) is 9.44. The average molecular weight is 262 g/mol. The molecule has 0 aliphatic heterocycles. The number of benzene rings is 1. The maximum absolute atomic E-state index is 5.84. The zero-order valence-corrected chi connectivity index (χ0v) is 10.3. The second kappa shape index (κ2) is 4.31. The van der Waals surface area contributed by atoms with Crippen LogP contribution in [0, 0.1) is 0 Å². The summed E-state index contributed by atoms with van der Waals surface area (Å²) in [5.41, 5.74) is 0.959. The smallest absolute Gasteiger partial charge is 0.142 e. The molecule has 0 saturated carbocycles. The van der Waals surface area contributed by atoms with E-state index in [-0.39, 0.29) is 0 Å². The lowest BCUT2D eigenvalue weighted by Gasteiger charge is -2.06. The molecule has 3 aromatic rings. The van der Waals surface area contributed by atoms with E-state index in [2.05, 4.69) is 15.3 Å². The van der Waals surface area contributed by atoms with Gasteiger partial charge in [-0.3, -0.25) is 0 Å². The number of nitrogens with zero attached hydrogens (tertiary/aromatic N) is 2. The van der Waals surface area contributed by atoms with Crippen molar-refractivity contribution in [3.63, 3.8) is 0 Å². The third-order valence-corrected chi connectivity index (χ3v) is 3.44. The summed E-state index contributed by atoms with van der Waals surface area (Å²) in [5.74, 6) is 0.818. The molecule has 1 N–H and O–H groups in total. The molecule has 0 saturated heterocycles. The lowest BCUT2D eigenvalue weighted by molar-refractivity contribution is 1.23. The molecule has 3 nitrogen and oxygen atoms in total. The summed E-state index contributed by atoms with van der Waals surface area (Å²) < 4.78 is 0. The molecule has 17 heavy (non-hydrogen) atoms. The largest absolute Gasteiger partial charge is 0.340 e. The Morgan fingerprint density at radius 3 is 2.71 bits per heavy atom. The van der Waals surface area contributed by atoms with Crippen LogP contribution >= 0.6 is 22.9 Å². The van der Waals surface area contributed by atoms with Crippen molar-refractivity contribution in [3.8, 4) is 0 Å². The van der Waals surface area contributed by atoms with E-state index in [0.717, 1.165) is 26.7 Å². The van der Waals surface area contributed by atoms with E-state index in [1.807, 2.05) is 35.7 Å². The van der Waals surface area contributed by atoms with Crippen LogP contribution in [-0.4, -0.2) is 9.97 Å². The molecule has 0 spiro atoms. The average Bonchev–Trinajstić information content (AvgIpc) is 2.81. The fraction of sp³-hybridized carbons (Fsp3) is 0. The summed E-state index contributed by atoms with van der Waals surface area (Å²) in [5, 5.41) is 7.02. The van der Waals surface area contributed by atoms with Crippen LogP contribution < -0.4 is 5.32 Å². The van der Waals surface area contributed by atoms with Gasteiger partial charge in [-0.15, -0.1) is 11.3 Å². The first kappa shape index (κ1) is 10.5. The van der Waals surface area contributed by atoms with Gasteiger partial charge in [-0.1, -0.05) is 11.6 Å². The predicted octanol–water partition coefficient (Wildman–Crippen LogP) is 4.09. The van der Waals surface area contributed by atoms with Crippen LogP contribution in [0.15, 0.2) is 42.0 Å². The number of anilines is 2. The third-order valence-electron chi connectivity index (χ3n) is 2.37. The lowest BCUT2D eigenvalue weighted by Crippen LogP contribution is -1.94. The van der Waals surface area contributed by atoms with E-state index < -0.39 is 0 Å². The Hall–Kier alpha value is -1.65. The molecule has 2 aromatic heterocycles. The second-order valence-electron chi connectivity index (χ2n) is 3.49. The van der Waals surface area contributed by atoms with E-state index in [9.17, 15) is 0 Å². The molecule has 1 aromatic carbocycles. The van der Waals surface area contributed by atoms with Crippen molar-refractivity contribution in [2.75, 3.05) is 5.32 Å². The van der Waals surface area contributed by atoms with Crippen LogP contribution in [0.2, 0.25) is 5.02 Å². The highest BCUT2D eigenvalue weighted by Gasteiger charge is 2.04. The van der Waals surface area contributed by atoms with Crippen molar-refractivity contribution in [1.82, 2.24) is 9.97 Å². The number of hydrogen-bond acceptors (Lipinski definition) is 4. The molecule has 0 amide bonds. The lowest BCUT2D eigenvalue weighted by atomic mass is 10.3. The van der Waals surface area contributed by atoms with Crippen LogP contribution in [0.1, 0.15) is 0 Å². The number of nitrogens with one attached hydrogen (secondary N) is 1. The van der Waals surface area contributed by atoms with Crippen molar-refractivity contribution in [3.05, 3.63) is 47.1 Å². The molecule has 0 radical (unpaired) electrons. The number of rotatable bonds is 2. The third kappa shape index (κ3) is 2.09. The minimum atomic E-state index is 0.721. The van der Waals surface area contributed by atoms with E-state index >= 15 is 0 Å². The minimum Gasteiger partial charge on any atom is -0.340 e. The molecule has 84 valence electrons. The molecule has 0 aliphatic carbocycles. The Kier molecular flexibility index (Phi) is 2.66. The van der Waals surface area contributed by atoms with Gasteiger partial charge in [0.2, 0.25) is 0 Å². The van der Waals surface area contributed by atoms with Gasteiger partial charge in [-0.2, -0.15) is 0 Å². The molecule has 0 atom stereocenters. The van der Waals surface area contributed by atoms with Gasteiger partial charge < -0.3 is 5.32 Å². The Morgan fingerprint density at radius 1 is 1.06 bits per heavy atom. The Labute approximate surface area is 107 Å². The van der Waals surface area contributed by atoms with E-state index in [0.29, 0.717) is 0 Å². The molecule has 0 bridgehead atoms. The van der Waals surface area contributed by atoms with Gasteiger partial charge in [0.15, 0.2) is 0 Å². The molecule has 3 rings (SSSR count). The summed E-state index contributed by atoms with van der Waals surface area (Å²) in [6, 6.07) is 9.54. The Bertz CT molecular complexity index is 648. The topological polar surface area (TPSA) is 37.8 Å². The molecule has 2 heterocycles. The van der Waals surface area contributed by atoms with Crippen LogP contribution in [-0.2, 0) is 0 Å². The van der Waals surface area contributed by atoms with Gasteiger partial charge in [0.1, 0.15) is 17.0 Å². The van der Waals surface area contributed by atoms with Gasteiger partial charge >= 0.3 is 0 Å².